The van der Waals surface area contributed by atoms with Gasteiger partial charge in [-0.25, -0.2) is 4.68 Å². The van der Waals surface area contributed by atoms with E-state index in [1.54, 1.807) is 4.90 Å². The molecule has 1 aromatic heterocycles. The first-order chi connectivity index (χ1) is 13.2. The lowest BCUT2D eigenvalue weighted by atomic mass is 9.96. The molecule has 2 heterocycles. The highest BCUT2D eigenvalue weighted by Gasteiger charge is 2.26. The van der Waals surface area contributed by atoms with Gasteiger partial charge in [0, 0.05) is 38.9 Å². The van der Waals surface area contributed by atoms with Crippen molar-refractivity contribution in [3.63, 3.8) is 0 Å². The molecule has 0 radical (unpaired) electrons. The molecule has 1 fully saturated rings. The molecule has 0 saturated carbocycles. The first kappa shape index (κ1) is 19.1. The van der Waals surface area contributed by atoms with Crippen LogP contribution < -0.4 is 5.32 Å². The van der Waals surface area contributed by atoms with Crippen molar-refractivity contribution in [2.45, 2.75) is 19.3 Å². The maximum atomic E-state index is 12.4. The molecule has 0 aliphatic carbocycles. The van der Waals surface area contributed by atoms with Gasteiger partial charge in [0.15, 0.2) is 0 Å². The smallest absolute Gasteiger partial charge is 0.248 e. The number of carbonyl (C=O) groups excluding carboxylic acids is 2. The third kappa shape index (κ3) is 5.17. The van der Waals surface area contributed by atoms with Crippen LogP contribution in [0, 0.1) is 5.92 Å². The zero-order valence-corrected chi connectivity index (χ0v) is 15.6. The van der Waals surface area contributed by atoms with Gasteiger partial charge in [-0.2, -0.15) is 5.10 Å². The van der Waals surface area contributed by atoms with E-state index in [1.807, 2.05) is 47.4 Å². The van der Waals surface area contributed by atoms with Crippen LogP contribution in [0.1, 0.15) is 18.4 Å². The minimum Gasteiger partial charge on any atom is -0.375 e. The Kier molecular flexibility index (Phi) is 6.59. The summed E-state index contributed by atoms with van der Waals surface area (Å²) in [5.41, 5.74) is 2.10. The molecule has 0 bridgehead atoms. The van der Waals surface area contributed by atoms with Gasteiger partial charge in [0.1, 0.15) is 6.61 Å². The number of ether oxygens (including phenoxy) is 1. The molecular weight excluding hydrogens is 344 g/mol. The average molecular weight is 370 g/mol. The molecule has 0 unspecified atom stereocenters. The molecule has 0 spiro atoms. The van der Waals surface area contributed by atoms with E-state index in [9.17, 15) is 9.59 Å². The highest BCUT2D eigenvalue weighted by Crippen LogP contribution is 2.17. The van der Waals surface area contributed by atoms with Crippen molar-refractivity contribution in [1.82, 2.24) is 20.0 Å². The summed E-state index contributed by atoms with van der Waals surface area (Å²) in [6.07, 6.45) is 5.96. The van der Waals surface area contributed by atoms with Crippen LogP contribution in [-0.4, -0.2) is 59.8 Å². The molecule has 1 aliphatic rings. The van der Waals surface area contributed by atoms with Crippen LogP contribution >= 0.6 is 0 Å². The van der Waals surface area contributed by atoms with Crippen molar-refractivity contribution < 1.29 is 14.3 Å². The van der Waals surface area contributed by atoms with E-state index in [0.29, 0.717) is 32.5 Å². The Balaban J connectivity index is 1.40. The van der Waals surface area contributed by atoms with Gasteiger partial charge in [-0.1, -0.05) is 18.2 Å². The molecular formula is C20H26N4O3. The number of amides is 2. The van der Waals surface area contributed by atoms with Crippen molar-refractivity contribution >= 4 is 11.8 Å². The lowest BCUT2D eigenvalue weighted by Crippen LogP contribution is -2.44. The van der Waals surface area contributed by atoms with E-state index in [1.165, 1.54) is 7.11 Å². The number of likely N-dealkylation sites (tertiary alicyclic amines) is 1. The van der Waals surface area contributed by atoms with Gasteiger partial charge in [0.25, 0.3) is 0 Å². The second kappa shape index (κ2) is 9.32. The Bertz CT molecular complexity index is 752. The van der Waals surface area contributed by atoms with Gasteiger partial charge in [-0.05, 0) is 37.0 Å². The summed E-state index contributed by atoms with van der Waals surface area (Å²) < 4.78 is 6.72. The lowest BCUT2D eigenvalue weighted by molar-refractivity contribution is -0.138. The summed E-state index contributed by atoms with van der Waals surface area (Å²) >= 11 is 0. The van der Waals surface area contributed by atoms with Crippen LogP contribution in [0.25, 0.3) is 5.69 Å². The normalized spacial score (nSPS) is 14.9. The van der Waals surface area contributed by atoms with Crippen LogP contribution in [0.2, 0.25) is 0 Å². The van der Waals surface area contributed by atoms with Crippen molar-refractivity contribution in [2.75, 3.05) is 33.4 Å². The molecule has 7 nitrogen and oxygen atoms in total. The Morgan fingerprint density at radius 3 is 2.67 bits per heavy atom. The zero-order chi connectivity index (χ0) is 19.1. The maximum Gasteiger partial charge on any atom is 0.248 e. The van der Waals surface area contributed by atoms with Crippen LogP contribution in [0.15, 0.2) is 42.7 Å². The zero-order valence-electron chi connectivity index (χ0n) is 15.6. The highest BCUT2D eigenvalue weighted by molar-refractivity contribution is 5.80. The fourth-order valence-corrected chi connectivity index (χ4v) is 3.29. The molecule has 1 aromatic carbocycles. The number of rotatable bonds is 7. The number of aromatic nitrogens is 2. The summed E-state index contributed by atoms with van der Waals surface area (Å²) in [4.78, 5) is 25.9. The Labute approximate surface area is 159 Å². The Morgan fingerprint density at radius 1 is 1.22 bits per heavy atom. The van der Waals surface area contributed by atoms with Crippen molar-refractivity contribution in [3.8, 4) is 5.69 Å². The van der Waals surface area contributed by atoms with Gasteiger partial charge in [0.2, 0.25) is 11.8 Å². The van der Waals surface area contributed by atoms with Gasteiger partial charge >= 0.3 is 0 Å². The number of methoxy groups -OCH3 is 1. The van der Waals surface area contributed by atoms with E-state index in [2.05, 4.69) is 10.4 Å². The van der Waals surface area contributed by atoms with Crippen molar-refractivity contribution in [3.05, 3.63) is 48.3 Å². The summed E-state index contributed by atoms with van der Waals surface area (Å²) in [7, 11) is 1.52. The summed E-state index contributed by atoms with van der Waals surface area (Å²) in [6, 6.07) is 9.93. The number of nitrogens with zero attached hydrogens (tertiary/aromatic N) is 3. The predicted octanol–water partition coefficient (Wildman–Crippen LogP) is 1.42. The molecule has 144 valence electrons. The van der Waals surface area contributed by atoms with E-state index < -0.39 is 0 Å². The number of para-hydroxylation sites is 1. The van der Waals surface area contributed by atoms with E-state index in [4.69, 9.17) is 4.74 Å². The summed E-state index contributed by atoms with van der Waals surface area (Å²) in [6.45, 7) is 1.92. The van der Waals surface area contributed by atoms with Crippen LogP contribution in [0.4, 0.5) is 0 Å². The largest absolute Gasteiger partial charge is 0.375 e. The van der Waals surface area contributed by atoms with Gasteiger partial charge < -0.3 is 15.0 Å². The van der Waals surface area contributed by atoms with Crippen LogP contribution in [-0.2, 0) is 20.7 Å². The molecule has 27 heavy (non-hydrogen) atoms. The van der Waals surface area contributed by atoms with Gasteiger partial charge in [-0.3, -0.25) is 9.59 Å². The van der Waals surface area contributed by atoms with E-state index in [0.717, 1.165) is 17.7 Å². The highest BCUT2D eigenvalue weighted by atomic mass is 16.5. The monoisotopic (exact) mass is 370 g/mol. The quantitative estimate of drug-likeness (QED) is 0.800. The molecule has 1 N–H and O–H groups in total. The second-order valence-electron chi connectivity index (χ2n) is 6.76. The molecule has 3 rings (SSSR count). The lowest BCUT2D eigenvalue weighted by Gasteiger charge is -2.31. The first-order valence-electron chi connectivity index (χ1n) is 9.31. The standard InChI is InChI=1S/C20H26N4O3/c1-27-15-19(25)23-11-8-17(9-12-23)20(26)21-10-7-16-13-22-24(14-16)18-5-3-2-4-6-18/h2-6,13-14,17H,7-12,15H2,1H3,(H,21,26). The van der Waals surface area contributed by atoms with Gasteiger partial charge in [0.05, 0.1) is 11.9 Å². The third-order valence-corrected chi connectivity index (χ3v) is 4.86. The topological polar surface area (TPSA) is 76.5 Å². The average Bonchev–Trinajstić information content (AvgIpc) is 3.18. The number of nitrogens with one attached hydrogen (secondary N) is 1. The Hall–Kier alpha value is -2.67. The molecule has 2 aromatic rings. The SMILES string of the molecule is COCC(=O)N1CCC(C(=O)NCCc2cnn(-c3ccccc3)c2)CC1. The molecule has 0 atom stereocenters. The maximum absolute atomic E-state index is 12.4. The summed E-state index contributed by atoms with van der Waals surface area (Å²) in [5, 5.41) is 7.39. The number of hydrogen-bond acceptors (Lipinski definition) is 4. The predicted molar refractivity (Wildman–Crippen MR) is 101 cm³/mol. The number of benzene rings is 1. The minimum absolute atomic E-state index is 0.00761. The van der Waals surface area contributed by atoms with E-state index in [-0.39, 0.29) is 24.3 Å². The molecule has 1 aliphatic heterocycles. The van der Waals surface area contributed by atoms with Crippen LogP contribution in [0.5, 0.6) is 0 Å². The number of piperidine rings is 1. The first-order valence-corrected chi connectivity index (χ1v) is 9.31. The fraction of sp³-hybridized carbons (Fsp3) is 0.450. The second-order valence-corrected chi connectivity index (χ2v) is 6.76. The molecule has 2 amide bonds. The molecule has 7 heteroatoms. The Morgan fingerprint density at radius 2 is 1.96 bits per heavy atom. The number of hydrogen-bond donors (Lipinski definition) is 1. The third-order valence-electron chi connectivity index (χ3n) is 4.86. The fourth-order valence-electron chi connectivity index (χ4n) is 3.29. The van der Waals surface area contributed by atoms with Gasteiger partial charge in [-0.15, -0.1) is 0 Å². The molecule has 1 saturated heterocycles. The number of carbonyl (C=O) groups is 2. The van der Waals surface area contributed by atoms with E-state index >= 15 is 0 Å². The summed E-state index contributed by atoms with van der Waals surface area (Å²) in [5.74, 6) is 0.0414. The van der Waals surface area contributed by atoms with Crippen LogP contribution in [0.3, 0.4) is 0 Å². The minimum atomic E-state index is -0.0244. The van der Waals surface area contributed by atoms with Crippen molar-refractivity contribution in [2.24, 2.45) is 5.92 Å². The van der Waals surface area contributed by atoms with Crippen molar-refractivity contribution in [1.29, 1.82) is 0 Å².